The summed E-state index contributed by atoms with van der Waals surface area (Å²) in [5, 5.41) is 1.02. The van der Waals surface area contributed by atoms with E-state index >= 15 is 0 Å². The normalized spacial score (nSPS) is 13.0. The summed E-state index contributed by atoms with van der Waals surface area (Å²) in [5.41, 5.74) is 3.33. The molecule has 24 heavy (non-hydrogen) atoms. The molecule has 1 aliphatic carbocycles. The lowest BCUT2D eigenvalue weighted by atomic mass is 10.1. The van der Waals surface area contributed by atoms with E-state index in [2.05, 4.69) is 0 Å². The van der Waals surface area contributed by atoms with E-state index in [0.29, 0.717) is 17.9 Å². The Bertz CT molecular complexity index is 956. The van der Waals surface area contributed by atoms with Crippen LogP contribution in [0.4, 0.5) is 0 Å². The molecule has 0 bridgehead atoms. The molecule has 0 saturated carbocycles. The lowest BCUT2D eigenvalue weighted by molar-refractivity contribution is 0.296. The first-order chi connectivity index (χ1) is 11.8. The van der Waals surface area contributed by atoms with Gasteiger partial charge < -0.3 is 13.9 Å². The van der Waals surface area contributed by atoms with Gasteiger partial charge in [-0.3, -0.25) is 0 Å². The average Bonchev–Trinajstić information content (AvgIpc) is 3.10. The Labute approximate surface area is 139 Å². The van der Waals surface area contributed by atoms with Crippen LogP contribution in [0.25, 0.3) is 11.0 Å². The summed E-state index contributed by atoms with van der Waals surface area (Å²) < 4.78 is 16.7. The summed E-state index contributed by atoms with van der Waals surface area (Å²) in [6.45, 7) is 0.394. The molecule has 0 atom stereocenters. The lowest BCUT2D eigenvalue weighted by Crippen LogP contribution is -2.07. The number of benzene rings is 2. The van der Waals surface area contributed by atoms with Gasteiger partial charge in [0.2, 0.25) is 0 Å². The highest BCUT2D eigenvalue weighted by molar-refractivity contribution is 5.83. The topological polar surface area (TPSA) is 48.7 Å². The van der Waals surface area contributed by atoms with E-state index < -0.39 is 0 Å². The molecule has 1 aliphatic rings. The van der Waals surface area contributed by atoms with Crippen LogP contribution in [0.3, 0.4) is 0 Å². The average molecular weight is 322 g/mol. The van der Waals surface area contributed by atoms with E-state index in [4.69, 9.17) is 13.9 Å². The molecule has 0 amide bonds. The molecule has 122 valence electrons. The standard InChI is InChI=1S/C20H18O4/c1-22-18-8-3-2-5-13(18)12-23-14-9-10-16-15-6-4-7-17(15)20(21)24-19(16)11-14/h2-3,5,8-11H,4,6-7,12H2,1H3. The van der Waals surface area contributed by atoms with Crippen molar-refractivity contribution in [3.05, 3.63) is 69.6 Å². The SMILES string of the molecule is COc1ccccc1COc1ccc2c3c(c(=O)oc2c1)CCC3. The Morgan fingerprint density at radius 2 is 1.92 bits per heavy atom. The summed E-state index contributed by atoms with van der Waals surface area (Å²) >= 11 is 0. The number of fused-ring (bicyclic) bond motifs is 3. The number of ether oxygens (including phenoxy) is 2. The highest BCUT2D eigenvalue weighted by Gasteiger charge is 2.19. The molecule has 0 fully saturated rings. The third kappa shape index (κ3) is 2.54. The number of hydrogen-bond acceptors (Lipinski definition) is 4. The van der Waals surface area contributed by atoms with Gasteiger partial charge in [-0.05, 0) is 43.0 Å². The van der Waals surface area contributed by atoms with Crippen molar-refractivity contribution in [2.45, 2.75) is 25.9 Å². The van der Waals surface area contributed by atoms with Gasteiger partial charge in [0.15, 0.2) is 0 Å². The fourth-order valence-electron chi connectivity index (χ4n) is 3.34. The molecule has 0 unspecified atom stereocenters. The van der Waals surface area contributed by atoms with Crippen molar-refractivity contribution in [2.75, 3.05) is 7.11 Å². The summed E-state index contributed by atoms with van der Waals surface area (Å²) in [6.07, 6.45) is 2.78. The maximum absolute atomic E-state index is 12.1. The molecule has 0 spiro atoms. The first-order valence-electron chi connectivity index (χ1n) is 8.09. The third-order valence-corrected chi connectivity index (χ3v) is 4.53. The van der Waals surface area contributed by atoms with E-state index in [1.165, 1.54) is 0 Å². The number of aryl methyl sites for hydroxylation is 1. The van der Waals surface area contributed by atoms with Gasteiger partial charge in [0.25, 0.3) is 0 Å². The van der Waals surface area contributed by atoms with Gasteiger partial charge in [0, 0.05) is 22.6 Å². The van der Waals surface area contributed by atoms with Crippen molar-refractivity contribution in [2.24, 2.45) is 0 Å². The fourth-order valence-corrected chi connectivity index (χ4v) is 3.34. The molecule has 0 N–H and O–H groups in total. The number of rotatable bonds is 4. The minimum atomic E-state index is -0.211. The largest absolute Gasteiger partial charge is 0.496 e. The molecule has 4 nitrogen and oxygen atoms in total. The Kier molecular flexibility index (Phi) is 3.73. The van der Waals surface area contributed by atoms with Crippen molar-refractivity contribution in [3.63, 3.8) is 0 Å². The first-order valence-corrected chi connectivity index (χ1v) is 8.09. The molecule has 1 heterocycles. The van der Waals surface area contributed by atoms with Crippen molar-refractivity contribution in [3.8, 4) is 11.5 Å². The second kappa shape index (κ2) is 6.04. The molecule has 3 aromatic rings. The second-order valence-corrected chi connectivity index (χ2v) is 5.96. The van der Waals surface area contributed by atoms with Crippen molar-refractivity contribution < 1.29 is 13.9 Å². The molecule has 4 rings (SSSR count). The quantitative estimate of drug-likeness (QED) is 0.684. The van der Waals surface area contributed by atoms with Gasteiger partial charge in [-0.15, -0.1) is 0 Å². The van der Waals surface area contributed by atoms with E-state index in [0.717, 1.165) is 47.1 Å². The minimum absolute atomic E-state index is 0.211. The molecule has 0 aliphatic heterocycles. The Hall–Kier alpha value is -2.75. The molecule has 4 heteroatoms. The van der Waals surface area contributed by atoms with E-state index in [9.17, 15) is 4.79 Å². The third-order valence-electron chi connectivity index (χ3n) is 4.53. The van der Waals surface area contributed by atoms with Gasteiger partial charge in [0.05, 0.1) is 7.11 Å². The second-order valence-electron chi connectivity index (χ2n) is 5.96. The predicted molar refractivity (Wildman–Crippen MR) is 91.8 cm³/mol. The van der Waals surface area contributed by atoms with Crippen LogP contribution in [0.5, 0.6) is 11.5 Å². The van der Waals surface area contributed by atoms with Crippen molar-refractivity contribution in [1.82, 2.24) is 0 Å². The zero-order chi connectivity index (χ0) is 16.5. The van der Waals surface area contributed by atoms with Gasteiger partial charge >= 0.3 is 5.63 Å². The van der Waals surface area contributed by atoms with Crippen LogP contribution in [0.1, 0.15) is 23.1 Å². The van der Waals surface area contributed by atoms with Crippen LogP contribution in [0, 0.1) is 0 Å². The highest BCUT2D eigenvalue weighted by atomic mass is 16.5. The van der Waals surface area contributed by atoms with Crippen LogP contribution < -0.4 is 15.1 Å². The Morgan fingerprint density at radius 3 is 2.79 bits per heavy atom. The Balaban J connectivity index is 1.64. The molecular weight excluding hydrogens is 304 g/mol. The maximum atomic E-state index is 12.1. The minimum Gasteiger partial charge on any atom is -0.496 e. The predicted octanol–water partition coefficient (Wildman–Crippen LogP) is 3.87. The van der Waals surface area contributed by atoms with Gasteiger partial charge in [-0.25, -0.2) is 4.79 Å². The highest BCUT2D eigenvalue weighted by Crippen LogP contribution is 2.30. The lowest BCUT2D eigenvalue weighted by Gasteiger charge is -2.11. The fraction of sp³-hybridized carbons (Fsp3) is 0.250. The molecular formula is C20H18O4. The van der Waals surface area contributed by atoms with Crippen molar-refractivity contribution in [1.29, 1.82) is 0 Å². The summed E-state index contributed by atoms with van der Waals surface area (Å²) in [7, 11) is 1.64. The smallest absolute Gasteiger partial charge is 0.339 e. The van der Waals surface area contributed by atoms with Gasteiger partial charge in [0.1, 0.15) is 23.7 Å². The first kappa shape index (κ1) is 14.8. The van der Waals surface area contributed by atoms with Crippen LogP contribution in [0.15, 0.2) is 51.7 Å². The monoisotopic (exact) mass is 322 g/mol. The molecule has 0 radical (unpaired) electrons. The summed E-state index contributed by atoms with van der Waals surface area (Å²) in [6, 6.07) is 13.5. The zero-order valence-corrected chi connectivity index (χ0v) is 13.5. The summed E-state index contributed by atoms with van der Waals surface area (Å²) in [4.78, 5) is 12.1. The number of methoxy groups -OCH3 is 1. The van der Waals surface area contributed by atoms with Crippen LogP contribution >= 0.6 is 0 Å². The van der Waals surface area contributed by atoms with Gasteiger partial charge in [-0.2, -0.15) is 0 Å². The van der Waals surface area contributed by atoms with E-state index in [-0.39, 0.29) is 5.63 Å². The van der Waals surface area contributed by atoms with Crippen LogP contribution in [0.2, 0.25) is 0 Å². The molecule has 2 aromatic carbocycles. The maximum Gasteiger partial charge on any atom is 0.339 e. The Morgan fingerprint density at radius 1 is 1.08 bits per heavy atom. The van der Waals surface area contributed by atoms with Crippen LogP contribution in [-0.2, 0) is 19.4 Å². The van der Waals surface area contributed by atoms with E-state index in [1.807, 2.05) is 36.4 Å². The zero-order valence-electron chi connectivity index (χ0n) is 13.5. The number of para-hydroxylation sites is 1. The number of hydrogen-bond donors (Lipinski definition) is 0. The van der Waals surface area contributed by atoms with Crippen LogP contribution in [-0.4, -0.2) is 7.11 Å². The van der Waals surface area contributed by atoms with Gasteiger partial charge in [-0.1, -0.05) is 18.2 Å². The van der Waals surface area contributed by atoms with Crippen molar-refractivity contribution >= 4 is 11.0 Å². The summed E-state index contributed by atoms with van der Waals surface area (Å²) in [5.74, 6) is 1.47. The van der Waals surface area contributed by atoms with E-state index in [1.54, 1.807) is 13.2 Å². The molecule has 0 saturated heterocycles. The molecule has 1 aromatic heterocycles.